The number of phenolic OH excluding ortho intramolecular Hbond substituents is 1. The molecule has 39 heavy (non-hydrogen) atoms. The third kappa shape index (κ3) is 5.51. The molecule has 4 aromatic carbocycles. The van der Waals surface area contributed by atoms with Crippen LogP contribution in [0.3, 0.4) is 0 Å². The van der Waals surface area contributed by atoms with Gasteiger partial charge in [-0.15, -0.1) is 0 Å². The molecular weight excluding hydrogens is 520 g/mol. The number of aliphatic hydroxyl groups is 1. The van der Waals surface area contributed by atoms with Crippen LogP contribution in [0.1, 0.15) is 36.1 Å². The molecule has 7 nitrogen and oxygen atoms in total. The lowest BCUT2D eigenvalue weighted by Crippen LogP contribution is -2.55. The van der Waals surface area contributed by atoms with Crippen molar-refractivity contribution in [3.8, 4) is 16.9 Å². The second-order valence-corrected chi connectivity index (χ2v) is 11.2. The molecule has 0 spiro atoms. The van der Waals surface area contributed by atoms with Crippen LogP contribution < -0.4 is 10.2 Å². The number of nitrogens with zero attached hydrogens (tertiary/aromatic N) is 1. The predicted octanol–water partition coefficient (Wildman–Crippen LogP) is 5.22. The minimum atomic E-state index is -4.36. The molecule has 9 heteroatoms. The van der Waals surface area contributed by atoms with Gasteiger partial charge >= 0.3 is 7.60 Å². The highest BCUT2D eigenvalue weighted by molar-refractivity contribution is 7.60. The fourth-order valence-corrected chi connectivity index (χ4v) is 5.61. The Morgan fingerprint density at radius 1 is 0.872 bits per heavy atom. The Kier molecular flexibility index (Phi) is 7.38. The van der Waals surface area contributed by atoms with Crippen LogP contribution in [0, 0.1) is 11.7 Å². The summed E-state index contributed by atoms with van der Waals surface area (Å²) in [6.45, 7) is 0. The van der Waals surface area contributed by atoms with E-state index in [1.165, 1.54) is 36.4 Å². The van der Waals surface area contributed by atoms with Crippen LogP contribution in [0.2, 0.25) is 0 Å². The first-order valence-corrected chi connectivity index (χ1v) is 14.1. The van der Waals surface area contributed by atoms with E-state index < -0.39 is 31.5 Å². The van der Waals surface area contributed by atoms with Crippen molar-refractivity contribution in [3.05, 3.63) is 114 Å². The van der Waals surface area contributed by atoms with Crippen molar-refractivity contribution in [1.82, 2.24) is 0 Å². The first kappa shape index (κ1) is 26.8. The van der Waals surface area contributed by atoms with Crippen molar-refractivity contribution >= 4 is 24.5 Å². The highest BCUT2D eigenvalue weighted by Crippen LogP contribution is 2.49. The highest BCUT2D eigenvalue weighted by Gasteiger charge is 2.49. The molecule has 4 aromatic rings. The highest BCUT2D eigenvalue weighted by atomic mass is 31.2. The molecule has 3 atom stereocenters. The van der Waals surface area contributed by atoms with Crippen molar-refractivity contribution in [3.63, 3.8) is 0 Å². The topological polar surface area (TPSA) is 118 Å². The third-order valence-electron chi connectivity index (χ3n) is 7.14. The number of carbonyl (C=O) groups is 1. The van der Waals surface area contributed by atoms with Crippen molar-refractivity contribution in [1.29, 1.82) is 0 Å². The number of para-hydroxylation sites is 1. The lowest BCUT2D eigenvalue weighted by molar-refractivity contribution is -0.131. The summed E-state index contributed by atoms with van der Waals surface area (Å²) < 4.78 is 24.8. The van der Waals surface area contributed by atoms with Crippen LogP contribution in [-0.4, -0.2) is 25.9 Å². The van der Waals surface area contributed by atoms with Gasteiger partial charge in [0.05, 0.1) is 23.4 Å². The van der Waals surface area contributed by atoms with Gasteiger partial charge in [0.15, 0.2) is 0 Å². The number of rotatable bonds is 8. The van der Waals surface area contributed by atoms with Crippen LogP contribution in [0.5, 0.6) is 5.75 Å². The minimum Gasteiger partial charge on any atom is -0.508 e. The molecule has 1 unspecified atom stereocenters. The predicted molar refractivity (Wildman–Crippen MR) is 146 cm³/mol. The van der Waals surface area contributed by atoms with Crippen LogP contribution in [0.15, 0.2) is 97.1 Å². The number of hydrogen-bond acceptors (Lipinski definition) is 4. The first-order valence-electron chi connectivity index (χ1n) is 12.4. The minimum absolute atomic E-state index is 0.0194. The molecule has 0 radical (unpaired) electrons. The third-order valence-corrected chi connectivity index (χ3v) is 8.11. The molecule has 0 aliphatic carbocycles. The number of carbonyl (C=O) groups excluding carboxylic acids is 1. The SMILES string of the molecule is O=C1[C@H](CCC(O)c2ccc(F)cc2)[C@@H](c2ccc(-c3ccc(P(=O)(O)O)cc3)cc2O)N1c1ccccc1. The van der Waals surface area contributed by atoms with Gasteiger partial charge in [0.25, 0.3) is 0 Å². The average molecular weight is 548 g/mol. The van der Waals surface area contributed by atoms with Crippen molar-refractivity contribution < 1.29 is 33.7 Å². The normalized spacial score (nSPS) is 18.1. The molecule has 0 saturated carbocycles. The van der Waals surface area contributed by atoms with Gasteiger partial charge in [-0.05, 0) is 72.0 Å². The fourth-order valence-electron chi connectivity index (χ4n) is 5.07. The lowest BCUT2D eigenvalue weighted by atomic mass is 9.77. The molecule has 4 N–H and O–H groups in total. The molecule has 5 rings (SSSR count). The summed E-state index contributed by atoms with van der Waals surface area (Å²) in [5, 5.41) is 21.6. The summed E-state index contributed by atoms with van der Waals surface area (Å²) in [4.78, 5) is 33.6. The van der Waals surface area contributed by atoms with Crippen LogP contribution in [0.4, 0.5) is 10.1 Å². The van der Waals surface area contributed by atoms with E-state index in [4.69, 9.17) is 0 Å². The van der Waals surface area contributed by atoms with Gasteiger partial charge < -0.3 is 24.9 Å². The van der Waals surface area contributed by atoms with Gasteiger partial charge in [-0.2, -0.15) is 0 Å². The lowest BCUT2D eigenvalue weighted by Gasteiger charge is -2.48. The van der Waals surface area contributed by atoms with Gasteiger partial charge in [0.1, 0.15) is 11.6 Å². The van der Waals surface area contributed by atoms with Crippen molar-refractivity contribution in [2.45, 2.75) is 25.0 Å². The molecule has 200 valence electrons. The summed E-state index contributed by atoms with van der Waals surface area (Å²) >= 11 is 0. The Labute approximate surface area is 225 Å². The maximum Gasteiger partial charge on any atom is 0.356 e. The van der Waals surface area contributed by atoms with E-state index >= 15 is 0 Å². The fraction of sp³-hybridized carbons (Fsp3) is 0.167. The molecule has 0 aromatic heterocycles. The van der Waals surface area contributed by atoms with Gasteiger partial charge in [0.2, 0.25) is 5.91 Å². The van der Waals surface area contributed by atoms with E-state index in [9.17, 15) is 33.7 Å². The van der Waals surface area contributed by atoms with Crippen LogP contribution in [-0.2, 0) is 9.36 Å². The summed E-state index contributed by atoms with van der Waals surface area (Å²) in [6, 6.07) is 25.3. The Hall–Kier alpha value is -3.81. The Balaban J connectivity index is 1.42. The number of anilines is 1. The maximum atomic E-state index is 13.3. The standard InChI is InChI=1S/C30H27FNO6P/c31-22-11-6-20(7-12-22)27(33)17-16-26-29(32(30(26)35)23-4-2-1-3-5-23)25-15-10-21(18-28(25)34)19-8-13-24(14-9-19)39(36,37)38/h1-15,18,26-27,29,33-34H,16-17H2,(H2,36,37,38)/t26-,27?,29-/m1/s1. The molecule has 0 bridgehead atoms. The van der Waals surface area contributed by atoms with Crippen LogP contribution in [0.25, 0.3) is 11.1 Å². The first-order chi connectivity index (χ1) is 18.6. The zero-order chi connectivity index (χ0) is 27.7. The molecule has 1 fully saturated rings. The molecule has 1 aliphatic heterocycles. The van der Waals surface area contributed by atoms with Gasteiger partial charge in [0, 0.05) is 11.3 Å². The zero-order valence-electron chi connectivity index (χ0n) is 20.8. The number of amides is 1. The monoisotopic (exact) mass is 547 g/mol. The number of hydrogen-bond donors (Lipinski definition) is 4. The zero-order valence-corrected chi connectivity index (χ0v) is 21.7. The summed E-state index contributed by atoms with van der Waals surface area (Å²) in [5.41, 5.74) is 3.12. The summed E-state index contributed by atoms with van der Waals surface area (Å²) in [7, 11) is -4.36. The van der Waals surface area contributed by atoms with E-state index in [1.807, 2.05) is 30.3 Å². The number of aliphatic hydroxyl groups excluding tert-OH is 1. The molecule has 1 saturated heterocycles. The average Bonchev–Trinajstić information content (AvgIpc) is 2.92. The molecule has 1 aliphatic rings. The summed E-state index contributed by atoms with van der Waals surface area (Å²) in [5.74, 6) is -1.02. The van der Waals surface area contributed by atoms with Gasteiger partial charge in [-0.3, -0.25) is 9.36 Å². The smallest absolute Gasteiger partial charge is 0.356 e. The van der Waals surface area contributed by atoms with Crippen LogP contribution >= 0.6 is 7.60 Å². The summed E-state index contributed by atoms with van der Waals surface area (Å²) in [6.07, 6.45) is -0.223. The number of halogens is 1. The van der Waals surface area contributed by atoms with E-state index in [2.05, 4.69) is 0 Å². The number of phenols is 1. The van der Waals surface area contributed by atoms with Gasteiger partial charge in [-0.1, -0.05) is 54.6 Å². The Morgan fingerprint density at radius 2 is 1.51 bits per heavy atom. The number of benzene rings is 4. The Bertz CT molecular complexity index is 1520. The number of aromatic hydroxyl groups is 1. The molecule has 1 amide bonds. The van der Waals surface area contributed by atoms with E-state index in [-0.39, 0.29) is 23.4 Å². The van der Waals surface area contributed by atoms with E-state index in [0.29, 0.717) is 34.4 Å². The maximum absolute atomic E-state index is 13.3. The van der Waals surface area contributed by atoms with E-state index in [1.54, 1.807) is 35.2 Å². The van der Waals surface area contributed by atoms with E-state index in [0.717, 1.165) is 0 Å². The quantitative estimate of drug-likeness (QED) is 0.178. The second kappa shape index (κ2) is 10.8. The van der Waals surface area contributed by atoms with Gasteiger partial charge in [-0.25, -0.2) is 4.39 Å². The largest absolute Gasteiger partial charge is 0.508 e. The van der Waals surface area contributed by atoms with Crippen molar-refractivity contribution in [2.24, 2.45) is 5.92 Å². The Morgan fingerprint density at radius 3 is 2.13 bits per heavy atom. The molecular formula is C30H27FNO6P. The number of β-lactam (4-membered cyclic amide) rings is 1. The molecule has 1 heterocycles. The van der Waals surface area contributed by atoms with Crippen molar-refractivity contribution in [2.75, 3.05) is 4.90 Å². The second-order valence-electron chi connectivity index (χ2n) is 9.60.